The van der Waals surface area contributed by atoms with Crippen molar-refractivity contribution in [2.45, 2.75) is 59.0 Å². The molecule has 0 fully saturated rings. The molecule has 0 spiro atoms. The lowest BCUT2D eigenvalue weighted by atomic mass is 9.76. The molecule has 0 heterocycles. The zero-order valence-corrected chi connectivity index (χ0v) is 13.6. The molecule has 0 aromatic carbocycles. The van der Waals surface area contributed by atoms with E-state index in [1.807, 2.05) is 27.7 Å². The molecule has 0 bridgehead atoms. The van der Waals surface area contributed by atoms with Gasteiger partial charge in [-0.2, -0.15) is 0 Å². The minimum atomic E-state index is -0.587. The van der Waals surface area contributed by atoms with E-state index in [9.17, 15) is 9.59 Å². The molecule has 0 saturated heterocycles. The maximum absolute atomic E-state index is 12.5. The molecule has 0 saturated carbocycles. The van der Waals surface area contributed by atoms with Gasteiger partial charge >= 0.3 is 6.09 Å². The Morgan fingerprint density at radius 1 is 1.52 bits per heavy atom. The highest BCUT2D eigenvalue weighted by Crippen LogP contribution is 2.34. The van der Waals surface area contributed by atoms with E-state index in [1.165, 1.54) is 0 Å². The summed E-state index contributed by atoms with van der Waals surface area (Å²) in [4.78, 5) is 24.3. The molecule has 21 heavy (non-hydrogen) atoms. The predicted octanol–water partition coefficient (Wildman–Crippen LogP) is 3.77. The number of hydrogen-bond acceptors (Lipinski definition) is 3. The van der Waals surface area contributed by atoms with Crippen LogP contribution in [0.4, 0.5) is 4.79 Å². The van der Waals surface area contributed by atoms with Crippen LogP contribution >= 0.6 is 0 Å². The van der Waals surface area contributed by atoms with E-state index >= 15 is 0 Å². The third-order valence-electron chi connectivity index (χ3n) is 3.63. The topological polar surface area (TPSA) is 55.4 Å². The van der Waals surface area contributed by atoms with Gasteiger partial charge < -0.3 is 10.1 Å². The van der Waals surface area contributed by atoms with Crippen LogP contribution in [0.25, 0.3) is 0 Å². The monoisotopic (exact) mass is 293 g/mol. The molecule has 0 aliphatic heterocycles. The Hall–Kier alpha value is -1.58. The molecule has 0 aromatic heterocycles. The molecule has 1 N–H and O–H groups in total. The van der Waals surface area contributed by atoms with Crippen LogP contribution in [0, 0.1) is 5.41 Å². The maximum atomic E-state index is 12.5. The van der Waals surface area contributed by atoms with Gasteiger partial charge in [-0.1, -0.05) is 11.6 Å². The van der Waals surface area contributed by atoms with Crippen molar-refractivity contribution in [1.82, 2.24) is 5.32 Å². The van der Waals surface area contributed by atoms with Gasteiger partial charge in [0, 0.05) is 6.54 Å². The molecule has 0 aromatic rings. The molecule has 0 radical (unpaired) electrons. The quantitative estimate of drug-likeness (QED) is 0.803. The molecular weight excluding hydrogens is 266 g/mol. The lowest BCUT2D eigenvalue weighted by Gasteiger charge is -2.30. The van der Waals surface area contributed by atoms with E-state index in [0.29, 0.717) is 6.42 Å². The number of rotatable bonds is 4. The minimum Gasteiger partial charge on any atom is -0.444 e. The van der Waals surface area contributed by atoms with Gasteiger partial charge in [0.1, 0.15) is 5.60 Å². The fraction of sp³-hybridized carbons (Fsp3) is 0.647. The Kier molecular flexibility index (Phi) is 5.76. The van der Waals surface area contributed by atoms with E-state index in [2.05, 4.69) is 11.9 Å². The summed E-state index contributed by atoms with van der Waals surface area (Å²) < 4.78 is 5.24. The predicted molar refractivity (Wildman–Crippen MR) is 84.1 cm³/mol. The summed E-state index contributed by atoms with van der Waals surface area (Å²) in [7, 11) is 0. The van der Waals surface area contributed by atoms with E-state index in [4.69, 9.17) is 4.74 Å². The second-order valence-corrected chi connectivity index (χ2v) is 6.84. The molecule has 1 amide bonds. The van der Waals surface area contributed by atoms with Crippen molar-refractivity contribution in [1.29, 1.82) is 0 Å². The van der Waals surface area contributed by atoms with Gasteiger partial charge in [-0.3, -0.25) is 4.79 Å². The van der Waals surface area contributed by atoms with Gasteiger partial charge in [-0.25, -0.2) is 4.79 Å². The molecular formula is C17H27NO3. The van der Waals surface area contributed by atoms with Crippen LogP contribution < -0.4 is 5.32 Å². The van der Waals surface area contributed by atoms with Crippen molar-refractivity contribution in [2.75, 3.05) is 6.54 Å². The van der Waals surface area contributed by atoms with Gasteiger partial charge in [0.2, 0.25) is 0 Å². The average molecular weight is 293 g/mol. The molecule has 1 rings (SSSR count). The summed E-state index contributed by atoms with van der Waals surface area (Å²) in [5.41, 5.74) is -0.0287. The summed E-state index contributed by atoms with van der Waals surface area (Å²) in [5.74, 6) is 0.0773. The first-order valence-electron chi connectivity index (χ1n) is 7.48. The summed E-state index contributed by atoms with van der Waals surface area (Å²) in [6, 6.07) is 0. The average Bonchev–Trinajstić information content (AvgIpc) is 2.46. The van der Waals surface area contributed by atoms with E-state index in [-0.39, 0.29) is 12.3 Å². The lowest BCUT2D eigenvalue weighted by Crippen LogP contribution is -2.43. The van der Waals surface area contributed by atoms with Crippen LogP contribution in [-0.2, 0) is 9.53 Å². The second-order valence-electron chi connectivity index (χ2n) is 6.84. The van der Waals surface area contributed by atoms with Gasteiger partial charge in [-0.05, 0) is 59.5 Å². The second kappa shape index (κ2) is 6.92. The molecule has 4 nitrogen and oxygen atoms in total. The number of carbonyl (C=O) groups excluding carboxylic acids is 2. The first-order chi connectivity index (χ1) is 9.68. The minimum absolute atomic E-state index is 0.0773. The Bertz CT molecular complexity index is 445. The summed E-state index contributed by atoms with van der Waals surface area (Å²) in [6.45, 7) is 11.5. The largest absolute Gasteiger partial charge is 0.444 e. The number of hydrogen-bond donors (Lipinski definition) is 1. The Morgan fingerprint density at radius 3 is 2.76 bits per heavy atom. The SMILES string of the molecule is C=CC[C@]1(CNC(=O)OC(C)(C)C)CCCC(C)=CC1=O. The molecule has 118 valence electrons. The standard InChI is InChI=1S/C17H27NO3/c1-6-9-17(10-7-8-13(2)11-14(17)19)12-18-15(20)21-16(3,4)5/h6,11H,1,7-10,12H2,2-5H3,(H,18,20)/t17-/m1/s1. The molecule has 0 unspecified atom stereocenters. The number of allylic oxidation sites excluding steroid dienone is 3. The number of nitrogens with one attached hydrogen (secondary N) is 1. The van der Waals surface area contributed by atoms with Crippen molar-refractivity contribution in [3.8, 4) is 0 Å². The normalized spacial score (nSPS) is 23.0. The van der Waals surface area contributed by atoms with E-state index in [0.717, 1.165) is 24.8 Å². The fourth-order valence-electron chi connectivity index (χ4n) is 2.56. The van der Waals surface area contributed by atoms with Crippen LogP contribution in [-0.4, -0.2) is 24.0 Å². The molecule has 4 heteroatoms. The van der Waals surface area contributed by atoms with E-state index < -0.39 is 17.1 Å². The molecule has 1 aliphatic rings. The van der Waals surface area contributed by atoms with E-state index in [1.54, 1.807) is 12.2 Å². The Balaban J connectivity index is 2.79. The zero-order valence-electron chi connectivity index (χ0n) is 13.6. The van der Waals surface area contributed by atoms with Gasteiger partial charge in [0.05, 0.1) is 5.41 Å². The smallest absolute Gasteiger partial charge is 0.407 e. The third kappa shape index (κ3) is 5.37. The van der Waals surface area contributed by atoms with Crippen molar-refractivity contribution in [3.63, 3.8) is 0 Å². The maximum Gasteiger partial charge on any atom is 0.407 e. The Labute approximate surface area is 127 Å². The van der Waals surface area contributed by atoms with Crippen molar-refractivity contribution in [3.05, 3.63) is 24.3 Å². The molecule has 1 atom stereocenters. The Morgan fingerprint density at radius 2 is 2.19 bits per heavy atom. The highest BCUT2D eigenvalue weighted by atomic mass is 16.6. The van der Waals surface area contributed by atoms with Crippen LogP contribution in [0.1, 0.15) is 53.4 Å². The first kappa shape index (κ1) is 17.5. The summed E-state index contributed by atoms with van der Waals surface area (Å²) >= 11 is 0. The number of carbonyl (C=O) groups is 2. The van der Waals surface area contributed by atoms with Crippen LogP contribution in [0.5, 0.6) is 0 Å². The highest BCUT2D eigenvalue weighted by Gasteiger charge is 2.37. The number of amides is 1. The lowest BCUT2D eigenvalue weighted by molar-refractivity contribution is -0.123. The van der Waals surface area contributed by atoms with Gasteiger partial charge in [0.25, 0.3) is 0 Å². The molecule has 1 aliphatic carbocycles. The third-order valence-corrected chi connectivity index (χ3v) is 3.63. The van der Waals surface area contributed by atoms with Crippen molar-refractivity contribution < 1.29 is 14.3 Å². The van der Waals surface area contributed by atoms with Crippen LogP contribution in [0.3, 0.4) is 0 Å². The zero-order chi connectivity index (χ0) is 16.1. The van der Waals surface area contributed by atoms with Crippen LogP contribution in [0.15, 0.2) is 24.3 Å². The van der Waals surface area contributed by atoms with Crippen LogP contribution in [0.2, 0.25) is 0 Å². The number of alkyl carbamates (subject to hydrolysis) is 1. The van der Waals surface area contributed by atoms with Gasteiger partial charge in [-0.15, -0.1) is 6.58 Å². The first-order valence-corrected chi connectivity index (χ1v) is 7.48. The number of ether oxygens (including phenoxy) is 1. The van der Waals surface area contributed by atoms with Crippen molar-refractivity contribution >= 4 is 11.9 Å². The highest BCUT2D eigenvalue weighted by molar-refractivity contribution is 5.96. The number of ketones is 1. The van der Waals surface area contributed by atoms with Crippen molar-refractivity contribution in [2.24, 2.45) is 5.41 Å². The fourth-order valence-corrected chi connectivity index (χ4v) is 2.56. The van der Waals surface area contributed by atoms with Gasteiger partial charge in [0.15, 0.2) is 5.78 Å². The summed E-state index contributed by atoms with van der Waals surface area (Å²) in [5, 5.41) is 2.75. The summed E-state index contributed by atoms with van der Waals surface area (Å²) in [6.07, 6.45) is 6.17.